The fraction of sp³-hybridized carbons (Fsp3) is 0.818. The van der Waals surface area contributed by atoms with Gasteiger partial charge in [-0.05, 0) is 13.3 Å². The molecule has 1 nitrogen and oxygen atoms in total. The van der Waals surface area contributed by atoms with Crippen LogP contribution in [0.5, 0.6) is 0 Å². The van der Waals surface area contributed by atoms with Crippen LogP contribution in [0.1, 0.15) is 53.4 Å². The molecule has 0 radical (unpaired) electrons. The molecule has 0 bridgehead atoms. The third-order valence-electron chi connectivity index (χ3n) is 1.01. The number of rotatable bonds is 3. The monoisotopic (exact) mass is 174 g/mol. The number of aliphatic hydroxyl groups excluding tert-OH is 1. The number of hydrogen-bond donors (Lipinski definition) is 1. The van der Waals surface area contributed by atoms with Gasteiger partial charge in [0.25, 0.3) is 0 Å². The van der Waals surface area contributed by atoms with Gasteiger partial charge < -0.3 is 5.11 Å². The summed E-state index contributed by atoms with van der Waals surface area (Å²) in [6.45, 7) is 12.0. The highest BCUT2D eigenvalue weighted by atomic mass is 16.2. The van der Waals surface area contributed by atoms with E-state index in [-0.39, 0.29) is 0 Å². The summed E-state index contributed by atoms with van der Waals surface area (Å²) in [5.41, 5.74) is 0. The summed E-state index contributed by atoms with van der Waals surface area (Å²) in [5, 5.41) is 8.07. The first-order valence-corrected chi connectivity index (χ1v) is 4.92. The summed E-state index contributed by atoms with van der Waals surface area (Å²) in [6.07, 6.45) is 6.43. The second-order valence-corrected chi connectivity index (χ2v) is 2.49. The average Bonchev–Trinajstić information content (AvgIpc) is 2.08. The summed E-state index contributed by atoms with van der Waals surface area (Å²) in [4.78, 5) is 0. The first-order chi connectivity index (χ1) is 5.74. The molecule has 1 N–H and O–H groups in total. The molecule has 0 heterocycles. The van der Waals surface area contributed by atoms with E-state index in [4.69, 9.17) is 5.11 Å². The first kappa shape index (κ1) is 17.7. The Labute approximate surface area is 78.5 Å². The maximum Gasteiger partial charge on any atom is 0.0430 e. The van der Waals surface area contributed by atoms with Gasteiger partial charge in [0.1, 0.15) is 0 Å². The molecule has 0 aromatic rings. The molecular weight excluding hydrogens is 148 g/mol. The molecule has 0 rings (SSSR count). The molecule has 0 aromatic carbocycles. The molecule has 0 saturated heterocycles. The Morgan fingerprint density at radius 3 is 1.42 bits per heavy atom. The maximum absolute atomic E-state index is 8.07. The predicted octanol–water partition coefficient (Wildman–Crippen LogP) is 3.78. The Kier molecular flexibility index (Phi) is 45.7. The molecule has 12 heavy (non-hydrogen) atoms. The van der Waals surface area contributed by atoms with Crippen LogP contribution in [-0.4, -0.2) is 11.7 Å². The van der Waals surface area contributed by atoms with Crippen LogP contribution in [0.4, 0.5) is 0 Å². The minimum absolute atomic E-state index is 0.344. The highest BCUT2D eigenvalue weighted by Gasteiger charge is 1.69. The quantitative estimate of drug-likeness (QED) is 0.646. The molecule has 0 saturated carbocycles. The van der Waals surface area contributed by atoms with Gasteiger partial charge in [-0.25, -0.2) is 0 Å². The van der Waals surface area contributed by atoms with E-state index in [1.807, 2.05) is 6.92 Å². The lowest BCUT2D eigenvalue weighted by molar-refractivity contribution is 0.287. The molecule has 0 aliphatic heterocycles. The summed E-state index contributed by atoms with van der Waals surface area (Å²) in [7, 11) is 0. The molecule has 0 amide bonds. The van der Waals surface area contributed by atoms with E-state index in [2.05, 4.69) is 27.4 Å². The molecule has 0 aliphatic rings. The topological polar surface area (TPSA) is 20.2 Å². The van der Waals surface area contributed by atoms with Gasteiger partial charge in [0.05, 0.1) is 0 Å². The van der Waals surface area contributed by atoms with Crippen molar-refractivity contribution in [2.45, 2.75) is 53.4 Å². The lowest BCUT2D eigenvalue weighted by Gasteiger charge is -1.79. The SMILES string of the molecule is C=CC.CCCC.CCCCO. The van der Waals surface area contributed by atoms with E-state index in [1.165, 1.54) is 12.8 Å². The fourth-order valence-corrected chi connectivity index (χ4v) is 0.158. The molecule has 1 heteroatoms. The van der Waals surface area contributed by atoms with Gasteiger partial charge in [-0.2, -0.15) is 0 Å². The number of allylic oxidation sites excluding steroid dienone is 1. The highest BCUT2D eigenvalue weighted by molar-refractivity contribution is 4.51. The van der Waals surface area contributed by atoms with Crippen molar-refractivity contribution in [3.63, 3.8) is 0 Å². The van der Waals surface area contributed by atoms with Gasteiger partial charge in [-0.15, -0.1) is 6.58 Å². The van der Waals surface area contributed by atoms with Gasteiger partial charge in [-0.1, -0.05) is 46.1 Å². The van der Waals surface area contributed by atoms with Crippen LogP contribution in [-0.2, 0) is 0 Å². The average molecular weight is 174 g/mol. The highest BCUT2D eigenvalue weighted by Crippen LogP contribution is 1.78. The van der Waals surface area contributed by atoms with Gasteiger partial charge in [0.15, 0.2) is 0 Å². The van der Waals surface area contributed by atoms with E-state index < -0.39 is 0 Å². The number of aliphatic hydroxyl groups is 1. The maximum atomic E-state index is 8.07. The third kappa shape index (κ3) is 101. The van der Waals surface area contributed by atoms with Crippen molar-refractivity contribution in [2.75, 3.05) is 6.61 Å². The van der Waals surface area contributed by atoms with Gasteiger partial charge in [0.2, 0.25) is 0 Å². The zero-order valence-corrected chi connectivity index (χ0v) is 9.27. The molecule has 0 atom stereocenters. The van der Waals surface area contributed by atoms with Crippen LogP contribution in [0, 0.1) is 0 Å². The van der Waals surface area contributed by atoms with Crippen molar-refractivity contribution in [3.05, 3.63) is 12.7 Å². The Hall–Kier alpha value is -0.300. The molecule has 0 spiro atoms. The molecular formula is C11H26O. The molecule has 76 valence electrons. The van der Waals surface area contributed by atoms with Crippen LogP contribution in [0.2, 0.25) is 0 Å². The standard InChI is InChI=1S/C4H10O.C4H10.C3H6/c1-2-3-4-5;1-3-4-2;1-3-2/h5H,2-4H2,1H3;3-4H2,1-2H3;3H,1H2,2H3. The van der Waals surface area contributed by atoms with E-state index in [9.17, 15) is 0 Å². The van der Waals surface area contributed by atoms with Crippen molar-refractivity contribution < 1.29 is 5.11 Å². The fourth-order valence-electron chi connectivity index (χ4n) is 0.158. The van der Waals surface area contributed by atoms with Gasteiger partial charge in [-0.3, -0.25) is 0 Å². The second kappa shape index (κ2) is 31.0. The normalized spacial score (nSPS) is 7.08. The van der Waals surface area contributed by atoms with Crippen molar-refractivity contribution >= 4 is 0 Å². The Morgan fingerprint density at radius 1 is 1.08 bits per heavy atom. The van der Waals surface area contributed by atoms with Crippen LogP contribution < -0.4 is 0 Å². The van der Waals surface area contributed by atoms with E-state index in [1.54, 1.807) is 6.08 Å². The zero-order valence-electron chi connectivity index (χ0n) is 9.27. The van der Waals surface area contributed by atoms with Crippen LogP contribution >= 0.6 is 0 Å². The van der Waals surface area contributed by atoms with Crippen molar-refractivity contribution in [1.29, 1.82) is 0 Å². The Morgan fingerprint density at radius 2 is 1.42 bits per heavy atom. The number of unbranched alkanes of at least 4 members (excludes halogenated alkanes) is 2. The molecule has 0 aromatic heterocycles. The molecule has 0 aliphatic carbocycles. The lowest BCUT2D eigenvalue weighted by atomic mass is 10.4. The van der Waals surface area contributed by atoms with Gasteiger partial charge >= 0.3 is 0 Å². The summed E-state index contributed by atoms with van der Waals surface area (Å²) < 4.78 is 0. The smallest absolute Gasteiger partial charge is 0.0430 e. The van der Waals surface area contributed by atoms with E-state index in [0.717, 1.165) is 12.8 Å². The van der Waals surface area contributed by atoms with Crippen molar-refractivity contribution in [2.24, 2.45) is 0 Å². The predicted molar refractivity (Wildman–Crippen MR) is 58.4 cm³/mol. The summed E-state index contributed by atoms with van der Waals surface area (Å²) in [5.74, 6) is 0. The minimum Gasteiger partial charge on any atom is -0.396 e. The second-order valence-electron chi connectivity index (χ2n) is 2.49. The number of hydrogen-bond acceptors (Lipinski definition) is 1. The Bertz CT molecular complexity index is 47.0. The van der Waals surface area contributed by atoms with Crippen LogP contribution in [0.15, 0.2) is 12.7 Å². The van der Waals surface area contributed by atoms with Crippen LogP contribution in [0.25, 0.3) is 0 Å². The largest absolute Gasteiger partial charge is 0.396 e. The van der Waals surface area contributed by atoms with E-state index in [0.29, 0.717) is 6.61 Å². The van der Waals surface area contributed by atoms with Crippen LogP contribution in [0.3, 0.4) is 0 Å². The molecule has 0 unspecified atom stereocenters. The zero-order chi connectivity index (χ0) is 10.2. The minimum atomic E-state index is 0.344. The van der Waals surface area contributed by atoms with E-state index >= 15 is 0 Å². The lowest BCUT2D eigenvalue weighted by Crippen LogP contribution is -1.75. The summed E-state index contributed by atoms with van der Waals surface area (Å²) >= 11 is 0. The van der Waals surface area contributed by atoms with Crippen molar-refractivity contribution in [1.82, 2.24) is 0 Å². The first-order valence-electron chi connectivity index (χ1n) is 4.92. The third-order valence-corrected chi connectivity index (χ3v) is 1.01. The molecule has 0 fully saturated rings. The van der Waals surface area contributed by atoms with Gasteiger partial charge in [0, 0.05) is 6.61 Å². The summed E-state index contributed by atoms with van der Waals surface area (Å²) in [6, 6.07) is 0. The van der Waals surface area contributed by atoms with Crippen molar-refractivity contribution in [3.8, 4) is 0 Å². The Balaban J connectivity index is -0.000000105.